The molecular formula is C22H24N6. The summed E-state index contributed by atoms with van der Waals surface area (Å²) in [6, 6.07) is 10.1. The van der Waals surface area contributed by atoms with Crippen molar-refractivity contribution < 1.29 is 0 Å². The minimum Gasteiger partial charge on any atom is -0.382 e. The third kappa shape index (κ3) is 2.66. The lowest BCUT2D eigenvalue weighted by Crippen LogP contribution is -2.42. The fourth-order valence-corrected chi connectivity index (χ4v) is 4.79. The first kappa shape index (κ1) is 16.9. The molecular weight excluding hydrogens is 348 g/mol. The van der Waals surface area contributed by atoms with Gasteiger partial charge >= 0.3 is 0 Å². The van der Waals surface area contributed by atoms with Gasteiger partial charge in [0.2, 0.25) is 0 Å². The molecule has 3 heterocycles. The fraction of sp³-hybridized carbons (Fsp3) is 0.364. The van der Waals surface area contributed by atoms with Gasteiger partial charge in [-0.25, -0.2) is 4.99 Å². The zero-order valence-corrected chi connectivity index (χ0v) is 15.8. The molecule has 0 saturated heterocycles. The first-order valence-corrected chi connectivity index (χ1v) is 10.1. The van der Waals surface area contributed by atoms with Gasteiger partial charge in [-0.1, -0.05) is 37.8 Å². The molecule has 5 rings (SSSR count). The molecule has 6 nitrogen and oxygen atoms in total. The van der Waals surface area contributed by atoms with E-state index in [9.17, 15) is 5.26 Å². The SMILES string of the molecule is N#Cc1cccc2cc(C3=C4C(N)=NC=CN4C(C4CCCCCC4)N3)[nH]c12. The van der Waals surface area contributed by atoms with Gasteiger partial charge in [-0.2, -0.15) is 5.26 Å². The van der Waals surface area contributed by atoms with E-state index in [2.05, 4.69) is 32.3 Å². The standard InChI is InChI=1S/C22H24N6/c23-13-16-9-5-8-15-12-17(26-18(15)16)19-20-21(24)25-10-11-28(20)22(27-19)14-6-3-1-2-4-7-14/h5,8-12,14,22,26-27H,1-4,6-7H2,(H2,24,25). The summed E-state index contributed by atoms with van der Waals surface area (Å²) in [5, 5.41) is 14.2. The van der Waals surface area contributed by atoms with Crippen molar-refractivity contribution in [3.8, 4) is 6.07 Å². The number of nitrogens with one attached hydrogen (secondary N) is 2. The number of rotatable bonds is 2. The highest BCUT2D eigenvalue weighted by molar-refractivity contribution is 6.05. The number of H-pyrrole nitrogens is 1. The van der Waals surface area contributed by atoms with Crippen molar-refractivity contribution in [2.75, 3.05) is 0 Å². The van der Waals surface area contributed by atoms with E-state index >= 15 is 0 Å². The van der Waals surface area contributed by atoms with Gasteiger partial charge in [0.05, 0.1) is 22.5 Å². The lowest BCUT2D eigenvalue weighted by molar-refractivity contribution is 0.226. The highest BCUT2D eigenvalue weighted by Gasteiger charge is 2.38. The molecule has 1 aromatic carbocycles. The van der Waals surface area contributed by atoms with Gasteiger partial charge in [0.15, 0.2) is 0 Å². The van der Waals surface area contributed by atoms with Gasteiger partial charge in [-0.15, -0.1) is 0 Å². The third-order valence-corrected chi connectivity index (χ3v) is 6.16. The molecule has 1 atom stereocenters. The lowest BCUT2D eigenvalue weighted by atomic mass is 9.96. The van der Waals surface area contributed by atoms with E-state index in [4.69, 9.17) is 5.73 Å². The van der Waals surface area contributed by atoms with Crippen molar-refractivity contribution >= 4 is 22.4 Å². The number of nitriles is 1. The molecule has 0 radical (unpaired) electrons. The summed E-state index contributed by atoms with van der Waals surface area (Å²) in [4.78, 5) is 10.0. The monoisotopic (exact) mass is 372 g/mol. The Hall–Kier alpha value is -3.20. The second kappa shape index (κ2) is 6.75. The first-order chi connectivity index (χ1) is 13.8. The van der Waals surface area contributed by atoms with Crippen molar-refractivity contribution in [2.24, 2.45) is 16.6 Å². The normalized spacial score (nSPS) is 22.6. The van der Waals surface area contributed by atoms with Crippen molar-refractivity contribution in [2.45, 2.75) is 44.7 Å². The molecule has 142 valence electrons. The van der Waals surface area contributed by atoms with Crippen molar-refractivity contribution in [1.82, 2.24) is 15.2 Å². The van der Waals surface area contributed by atoms with Gasteiger partial charge in [0.25, 0.3) is 0 Å². The van der Waals surface area contributed by atoms with E-state index in [0.717, 1.165) is 28.0 Å². The van der Waals surface area contributed by atoms with Crippen LogP contribution in [0.1, 0.15) is 49.8 Å². The Morgan fingerprint density at radius 2 is 2.00 bits per heavy atom. The van der Waals surface area contributed by atoms with Crippen LogP contribution in [0.15, 0.2) is 47.4 Å². The van der Waals surface area contributed by atoms with Gasteiger partial charge in [-0.3, -0.25) is 0 Å². The van der Waals surface area contributed by atoms with E-state index in [1.54, 1.807) is 6.20 Å². The molecule has 1 aromatic heterocycles. The molecule has 1 saturated carbocycles. The predicted octanol–water partition coefficient (Wildman–Crippen LogP) is 3.75. The minimum atomic E-state index is 0.190. The smallest absolute Gasteiger partial charge is 0.149 e. The van der Waals surface area contributed by atoms with Crippen LogP contribution in [0.25, 0.3) is 16.6 Å². The van der Waals surface area contributed by atoms with E-state index in [1.807, 2.05) is 24.4 Å². The zero-order chi connectivity index (χ0) is 19.1. The number of benzene rings is 1. The van der Waals surface area contributed by atoms with Crippen molar-refractivity contribution in [3.63, 3.8) is 0 Å². The Balaban J connectivity index is 1.58. The number of amidine groups is 1. The molecule has 2 aromatic rings. The lowest BCUT2D eigenvalue weighted by Gasteiger charge is -2.32. The number of hydrogen-bond donors (Lipinski definition) is 3. The Labute approximate surface area is 164 Å². The maximum absolute atomic E-state index is 9.42. The first-order valence-electron chi connectivity index (χ1n) is 10.1. The van der Waals surface area contributed by atoms with E-state index < -0.39 is 0 Å². The maximum Gasteiger partial charge on any atom is 0.149 e. The number of aromatic nitrogens is 1. The molecule has 0 spiro atoms. The van der Waals surface area contributed by atoms with Crippen molar-refractivity contribution in [3.05, 3.63) is 53.6 Å². The van der Waals surface area contributed by atoms with E-state index in [0.29, 0.717) is 17.3 Å². The molecule has 3 aliphatic rings. The average molecular weight is 372 g/mol. The Morgan fingerprint density at radius 3 is 2.79 bits per heavy atom. The summed E-state index contributed by atoms with van der Waals surface area (Å²) >= 11 is 0. The molecule has 2 aliphatic heterocycles. The number of nitrogens with zero attached hydrogens (tertiary/aromatic N) is 3. The van der Waals surface area contributed by atoms with Crippen LogP contribution in [-0.2, 0) is 0 Å². The second-order valence-electron chi connectivity index (χ2n) is 7.85. The topological polar surface area (TPSA) is 93.2 Å². The van der Waals surface area contributed by atoms with Crippen LogP contribution < -0.4 is 11.1 Å². The van der Waals surface area contributed by atoms with Crippen LogP contribution in [0.4, 0.5) is 0 Å². The summed E-state index contributed by atoms with van der Waals surface area (Å²) in [6.07, 6.45) is 11.7. The average Bonchev–Trinajstić information content (AvgIpc) is 3.21. The number of aliphatic imine (C=N–C) groups is 1. The quantitative estimate of drug-likeness (QED) is 0.700. The van der Waals surface area contributed by atoms with Gasteiger partial charge in [-0.05, 0) is 30.9 Å². The summed E-state index contributed by atoms with van der Waals surface area (Å²) in [5.74, 6) is 1.10. The van der Waals surface area contributed by atoms with Crippen LogP contribution in [0, 0.1) is 17.2 Å². The fourth-order valence-electron chi connectivity index (χ4n) is 4.79. The third-order valence-electron chi connectivity index (χ3n) is 6.16. The summed E-state index contributed by atoms with van der Waals surface area (Å²) in [5.41, 5.74) is 10.7. The predicted molar refractivity (Wildman–Crippen MR) is 111 cm³/mol. The van der Waals surface area contributed by atoms with Gasteiger partial charge in [0, 0.05) is 17.8 Å². The molecule has 1 aliphatic carbocycles. The van der Waals surface area contributed by atoms with Crippen LogP contribution in [0.2, 0.25) is 0 Å². The van der Waals surface area contributed by atoms with Gasteiger partial charge in [0.1, 0.15) is 23.8 Å². The van der Waals surface area contributed by atoms with Crippen LogP contribution in [0.3, 0.4) is 0 Å². The molecule has 0 amide bonds. The molecule has 1 unspecified atom stereocenters. The highest BCUT2D eigenvalue weighted by atomic mass is 15.4. The number of nitrogens with two attached hydrogens (primary N) is 1. The summed E-state index contributed by atoms with van der Waals surface area (Å²) in [7, 11) is 0. The van der Waals surface area contributed by atoms with Gasteiger partial charge < -0.3 is 20.9 Å². The number of hydrogen-bond acceptors (Lipinski definition) is 5. The largest absolute Gasteiger partial charge is 0.382 e. The number of fused-ring (bicyclic) bond motifs is 2. The molecule has 1 fully saturated rings. The van der Waals surface area contributed by atoms with E-state index in [1.165, 1.54) is 38.5 Å². The summed E-state index contributed by atoms with van der Waals surface area (Å²) in [6.45, 7) is 0. The Kier molecular flexibility index (Phi) is 4.09. The number of para-hydroxylation sites is 1. The maximum atomic E-state index is 9.42. The Bertz CT molecular complexity index is 1040. The molecule has 28 heavy (non-hydrogen) atoms. The second-order valence-corrected chi connectivity index (χ2v) is 7.85. The molecule has 6 heteroatoms. The molecule has 0 bridgehead atoms. The Morgan fingerprint density at radius 1 is 1.18 bits per heavy atom. The zero-order valence-electron chi connectivity index (χ0n) is 15.8. The minimum absolute atomic E-state index is 0.190. The molecule has 4 N–H and O–H groups in total. The van der Waals surface area contributed by atoms with Crippen LogP contribution >= 0.6 is 0 Å². The van der Waals surface area contributed by atoms with Crippen LogP contribution in [0.5, 0.6) is 0 Å². The van der Waals surface area contributed by atoms with E-state index in [-0.39, 0.29) is 6.17 Å². The highest BCUT2D eigenvalue weighted by Crippen LogP contribution is 2.37. The van der Waals surface area contributed by atoms with Crippen LogP contribution in [-0.4, -0.2) is 21.9 Å². The summed E-state index contributed by atoms with van der Waals surface area (Å²) < 4.78 is 0. The number of aromatic amines is 1. The van der Waals surface area contributed by atoms with Crippen molar-refractivity contribution in [1.29, 1.82) is 5.26 Å².